The molecule has 98 valence electrons. The molecule has 2 aromatic rings. The van der Waals surface area contributed by atoms with Gasteiger partial charge in [-0.3, -0.25) is 0 Å². The lowest BCUT2D eigenvalue weighted by Crippen LogP contribution is -2.29. The molecule has 3 heteroatoms. The van der Waals surface area contributed by atoms with E-state index in [9.17, 15) is 4.79 Å². The second kappa shape index (κ2) is 6.43. The van der Waals surface area contributed by atoms with Gasteiger partial charge in [0.2, 0.25) is 5.25 Å². The summed E-state index contributed by atoms with van der Waals surface area (Å²) in [5, 5.41) is -0.185. The van der Waals surface area contributed by atoms with E-state index >= 15 is 0 Å². The second-order valence-electron chi connectivity index (χ2n) is 4.13. The van der Waals surface area contributed by atoms with Gasteiger partial charge in [-0.05, 0) is 31.2 Å². The molecule has 0 aliphatic heterocycles. The average Bonchev–Trinajstić information content (AvgIpc) is 2.49. The van der Waals surface area contributed by atoms with Crippen LogP contribution in [0.3, 0.4) is 0 Å². The maximum atomic E-state index is 11.9. The first-order valence-corrected chi connectivity index (χ1v) is 7.44. The summed E-state index contributed by atoms with van der Waals surface area (Å²) in [6, 6.07) is 20.2. The van der Waals surface area contributed by atoms with Gasteiger partial charge in [0.05, 0.1) is 18.0 Å². The zero-order valence-corrected chi connectivity index (χ0v) is 11.9. The highest BCUT2D eigenvalue weighted by atomic mass is 32.2. The lowest BCUT2D eigenvalue weighted by atomic mass is 10.4. The Bertz CT molecular complexity index is 485. The maximum absolute atomic E-state index is 11.9. The van der Waals surface area contributed by atoms with Crippen LogP contribution in [0.25, 0.3) is 0 Å². The quantitative estimate of drug-likeness (QED) is 0.631. The lowest BCUT2D eigenvalue weighted by molar-refractivity contribution is -0.139. The summed E-state index contributed by atoms with van der Waals surface area (Å²) in [5.41, 5.74) is 0. The van der Waals surface area contributed by atoms with Crippen molar-refractivity contribution in [1.82, 2.24) is 0 Å². The van der Waals surface area contributed by atoms with E-state index < -0.39 is 0 Å². The number of hydrogen-bond donors (Lipinski definition) is 0. The van der Waals surface area contributed by atoms with Gasteiger partial charge in [0, 0.05) is 0 Å². The van der Waals surface area contributed by atoms with Gasteiger partial charge in [-0.25, -0.2) is 4.79 Å². The first-order valence-electron chi connectivity index (χ1n) is 6.15. The molecule has 0 aliphatic rings. The van der Waals surface area contributed by atoms with Gasteiger partial charge in [0.15, 0.2) is 9.79 Å². The van der Waals surface area contributed by atoms with Crippen molar-refractivity contribution in [2.24, 2.45) is 0 Å². The topological polar surface area (TPSA) is 26.3 Å². The first-order chi connectivity index (χ1) is 9.24. The van der Waals surface area contributed by atoms with Crippen LogP contribution < -0.4 is 0 Å². The number of carbonyl (C=O) groups is 1. The number of methoxy groups -OCH3 is 1. The molecule has 2 aromatic carbocycles. The monoisotopic (exact) mass is 273 g/mol. The Balaban J connectivity index is 2.43. The molecule has 0 saturated heterocycles. The van der Waals surface area contributed by atoms with E-state index in [-0.39, 0.29) is 22.1 Å². The van der Waals surface area contributed by atoms with Crippen LogP contribution in [0, 0.1) is 0 Å². The summed E-state index contributed by atoms with van der Waals surface area (Å²) in [5.74, 6) is -0.170. The smallest absolute Gasteiger partial charge is 0.359 e. The fraction of sp³-hybridized carbons (Fsp3) is 0.188. The van der Waals surface area contributed by atoms with Gasteiger partial charge in [-0.2, -0.15) is 0 Å². The summed E-state index contributed by atoms with van der Waals surface area (Å²) in [7, 11) is 1.14. The molecule has 1 unspecified atom stereocenters. The third-order valence-corrected chi connectivity index (χ3v) is 5.34. The average molecular weight is 273 g/mol. The molecule has 0 bridgehead atoms. The van der Waals surface area contributed by atoms with E-state index in [1.165, 1.54) is 7.11 Å². The van der Waals surface area contributed by atoms with Gasteiger partial charge >= 0.3 is 5.97 Å². The Kier molecular flexibility index (Phi) is 4.63. The van der Waals surface area contributed by atoms with Gasteiger partial charge < -0.3 is 4.74 Å². The third kappa shape index (κ3) is 3.18. The molecule has 0 N–H and O–H groups in total. The highest BCUT2D eigenvalue weighted by Crippen LogP contribution is 2.27. The van der Waals surface area contributed by atoms with Crippen LogP contribution in [0.1, 0.15) is 6.92 Å². The van der Waals surface area contributed by atoms with Gasteiger partial charge in [0.25, 0.3) is 0 Å². The minimum absolute atomic E-state index is 0.170. The van der Waals surface area contributed by atoms with Crippen molar-refractivity contribution in [1.29, 1.82) is 0 Å². The lowest BCUT2D eigenvalue weighted by Gasteiger charge is -2.13. The standard InChI is InChI=1S/C16H17O2S/c1-13(16(17)18-2)19(14-9-5-3-6-10-14)15-11-7-4-8-12-15/h3-13H,1-2H3/q+1. The predicted molar refractivity (Wildman–Crippen MR) is 78.3 cm³/mol. The molecule has 0 spiro atoms. The Labute approximate surface area is 116 Å². The highest BCUT2D eigenvalue weighted by molar-refractivity contribution is 7.98. The minimum atomic E-state index is -0.301. The Morgan fingerprint density at radius 1 is 0.947 bits per heavy atom. The molecular formula is C16H17O2S+. The number of rotatable bonds is 4. The summed E-state index contributed by atoms with van der Waals surface area (Å²) < 4.78 is 4.90. The molecule has 0 heterocycles. The summed E-state index contributed by atoms with van der Waals surface area (Å²) in [6.07, 6.45) is 0. The normalized spacial score (nSPS) is 12.2. The van der Waals surface area contributed by atoms with Crippen molar-refractivity contribution in [2.75, 3.05) is 7.11 Å². The summed E-state index contributed by atoms with van der Waals surface area (Å²) in [4.78, 5) is 14.2. The van der Waals surface area contributed by atoms with Crippen LogP contribution in [-0.4, -0.2) is 18.3 Å². The first kappa shape index (κ1) is 13.7. The molecular weight excluding hydrogens is 256 g/mol. The van der Waals surface area contributed by atoms with Crippen molar-refractivity contribution in [2.45, 2.75) is 22.0 Å². The molecule has 0 aromatic heterocycles. The van der Waals surface area contributed by atoms with Crippen LogP contribution in [0.2, 0.25) is 0 Å². The second-order valence-corrected chi connectivity index (χ2v) is 6.45. The van der Waals surface area contributed by atoms with Crippen LogP contribution in [-0.2, 0) is 20.4 Å². The number of esters is 1. The Hall–Kier alpha value is -1.74. The molecule has 2 nitrogen and oxygen atoms in total. The highest BCUT2D eigenvalue weighted by Gasteiger charge is 2.37. The summed E-state index contributed by atoms with van der Waals surface area (Å²) >= 11 is 0. The zero-order chi connectivity index (χ0) is 13.7. The van der Waals surface area contributed by atoms with Crippen LogP contribution in [0.5, 0.6) is 0 Å². The van der Waals surface area contributed by atoms with Crippen LogP contribution in [0.4, 0.5) is 0 Å². The predicted octanol–water partition coefficient (Wildman–Crippen LogP) is 3.28. The van der Waals surface area contributed by atoms with E-state index in [0.29, 0.717) is 0 Å². The van der Waals surface area contributed by atoms with Gasteiger partial charge in [-0.1, -0.05) is 36.4 Å². The largest absolute Gasteiger partial charge is 0.465 e. The van der Waals surface area contributed by atoms with Crippen molar-refractivity contribution in [3.63, 3.8) is 0 Å². The van der Waals surface area contributed by atoms with E-state index in [1.54, 1.807) is 0 Å². The van der Waals surface area contributed by atoms with E-state index in [0.717, 1.165) is 9.79 Å². The number of ether oxygens (including phenoxy) is 1. The van der Waals surface area contributed by atoms with Crippen molar-refractivity contribution in [3.8, 4) is 0 Å². The van der Waals surface area contributed by atoms with Crippen LogP contribution >= 0.6 is 0 Å². The third-order valence-electron chi connectivity index (χ3n) is 2.88. The van der Waals surface area contributed by atoms with E-state index in [4.69, 9.17) is 4.74 Å². The SMILES string of the molecule is COC(=O)C(C)[S+](c1ccccc1)c1ccccc1. The van der Waals surface area contributed by atoms with Crippen LogP contribution in [0.15, 0.2) is 70.5 Å². The van der Waals surface area contributed by atoms with Gasteiger partial charge in [0.1, 0.15) is 0 Å². The minimum Gasteiger partial charge on any atom is -0.465 e. The molecule has 2 rings (SSSR count). The van der Waals surface area contributed by atoms with Crippen molar-refractivity contribution in [3.05, 3.63) is 60.7 Å². The van der Waals surface area contributed by atoms with Crippen molar-refractivity contribution >= 4 is 16.9 Å². The molecule has 1 atom stereocenters. The molecule has 0 radical (unpaired) electrons. The number of carbonyl (C=O) groups excluding carboxylic acids is 1. The number of benzene rings is 2. The van der Waals surface area contributed by atoms with E-state index in [1.807, 2.05) is 43.3 Å². The molecule has 0 aliphatic carbocycles. The fourth-order valence-corrected chi connectivity index (χ4v) is 4.22. The number of hydrogen-bond acceptors (Lipinski definition) is 2. The molecule has 0 amide bonds. The zero-order valence-electron chi connectivity index (χ0n) is 11.1. The Morgan fingerprint density at radius 3 is 1.74 bits per heavy atom. The summed E-state index contributed by atoms with van der Waals surface area (Å²) in [6.45, 7) is 1.93. The molecule has 0 fully saturated rings. The Morgan fingerprint density at radius 2 is 1.37 bits per heavy atom. The van der Waals surface area contributed by atoms with Crippen molar-refractivity contribution < 1.29 is 9.53 Å². The maximum Gasteiger partial charge on any atom is 0.359 e. The van der Waals surface area contributed by atoms with Gasteiger partial charge in [-0.15, -0.1) is 0 Å². The molecule has 19 heavy (non-hydrogen) atoms. The molecule has 0 saturated carbocycles. The van der Waals surface area contributed by atoms with E-state index in [2.05, 4.69) is 24.3 Å². The fourth-order valence-electron chi connectivity index (χ4n) is 1.94.